The number of methoxy groups -OCH3 is 1. The molecule has 30 heavy (non-hydrogen) atoms. The summed E-state index contributed by atoms with van der Waals surface area (Å²) in [5, 5.41) is 8.93. The summed E-state index contributed by atoms with van der Waals surface area (Å²) in [5.74, 6) is 0.962. The third kappa shape index (κ3) is 4.13. The molecule has 4 aromatic rings. The van der Waals surface area contributed by atoms with E-state index < -0.39 is 0 Å². The molecule has 0 aliphatic rings. The average Bonchev–Trinajstić information content (AvgIpc) is 3.21. The monoisotopic (exact) mass is 397 g/mol. The molecule has 3 heterocycles. The molecule has 0 N–H and O–H groups in total. The highest BCUT2D eigenvalue weighted by Gasteiger charge is 2.08. The predicted octanol–water partition coefficient (Wildman–Crippen LogP) is 2.95. The van der Waals surface area contributed by atoms with Gasteiger partial charge in [0.05, 0.1) is 25.1 Å². The molecule has 0 amide bonds. The van der Waals surface area contributed by atoms with E-state index in [-0.39, 0.29) is 5.56 Å². The maximum atomic E-state index is 12.6. The van der Waals surface area contributed by atoms with Gasteiger partial charge in [-0.15, -0.1) is 0 Å². The lowest BCUT2D eigenvalue weighted by atomic mass is 10.1. The first-order valence-electron chi connectivity index (χ1n) is 9.37. The molecule has 0 spiro atoms. The van der Waals surface area contributed by atoms with E-state index in [0.29, 0.717) is 30.2 Å². The van der Waals surface area contributed by atoms with E-state index in [1.165, 1.54) is 4.57 Å². The number of rotatable bonds is 6. The Kier molecular flexibility index (Phi) is 5.39. The van der Waals surface area contributed by atoms with Gasteiger partial charge in [-0.25, -0.2) is 4.98 Å². The van der Waals surface area contributed by atoms with Crippen LogP contribution in [0.15, 0.2) is 78.1 Å². The SMILES string of the molecule is COc1cccc(-n2ccc(Cn3cncc3Cc3ccc(C#N)cc3)cc2=O)n1. The molecule has 7 heteroatoms. The van der Waals surface area contributed by atoms with Crippen LogP contribution in [0.3, 0.4) is 0 Å². The van der Waals surface area contributed by atoms with Crippen LogP contribution < -0.4 is 10.3 Å². The highest BCUT2D eigenvalue weighted by atomic mass is 16.5. The van der Waals surface area contributed by atoms with Crippen LogP contribution in [-0.4, -0.2) is 26.2 Å². The van der Waals surface area contributed by atoms with Gasteiger partial charge in [-0.2, -0.15) is 10.2 Å². The number of nitrogens with zero attached hydrogens (tertiary/aromatic N) is 5. The number of hydrogen-bond donors (Lipinski definition) is 0. The fraction of sp³-hybridized carbons (Fsp3) is 0.130. The van der Waals surface area contributed by atoms with Crippen LogP contribution in [0.5, 0.6) is 5.88 Å². The molecule has 148 valence electrons. The van der Waals surface area contributed by atoms with E-state index in [0.717, 1.165) is 16.8 Å². The van der Waals surface area contributed by atoms with Gasteiger partial charge in [0.1, 0.15) is 5.82 Å². The third-order valence-electron chi connectivity index (χ3n) is 4.77. The van der Waals surface area contributed by atoms with E-state index in [2.05, 4.69) is 16.0 Å². The van der Waals surface area contributed by atoms with Crippen molar-refractivity contribution in [2.45, 2.75) is 13.0 Å². The van der Waals surface area contributed by atoms with Crippen molar-refractivity contribution in [2.75, 3.05) is 7.11 Å². The van der Waals surface area contributed by atoms with E-state index in [1.54, 1.807) is 43.9 Å². The van der Waals surface area contributed by atoms with Gasteiger partial charge < -0.3 is 9.30 Å². The molecule has 7 nitrogen and oxygen atoms in total. The molecule has 1 aromatic carbocycles. The normalized spacial score (nSPS) is 10.5. The minimum atomic E-state index is -0.165. The number of benzene rings is 1. The minimum Gasteiger partial charge on any atom is -0.481 e. The Balaban J connectivity index is 1.54. The van der Waals surface area contributed by atoms with Crippen molar-refractivity contribution in [3.63, 3.8) is 0 Å². The smallest absolute Gasteiger partial charge is 0.256 e. The Hall–Kier alpha value is -4.18. The van der Waals surface area contributed by atoms with Gasteiger partial charge in [-0.1, -0.05) is 18.2 Å². The van der Waals surface area contributed by atoms with Gasteiger partial charge in [-0.3, -0.25) is 9.36 Å². The molecule has 0 saturated heterocycles. The van der Waals surface area contributed by atoms with Crippen molar-refractivity contribution < 1.29 is 4.74 Å². The molecular formula is C23H19N5O2. The van der Waals surface area contributed by atoms with Crippen LogP contribution in [-0.2, 0) is 13.0 Å². The van der Waals surface area contributed by atoms with Gasteiger partial charge in [-0.05, 0) is 35.4 Å². The van der Waals surface area contributed by atoms with Crippen LogP contribution in [0.2, 0.25) is 0 Å². The summed E-state index contributed by atoms with van der Waals surface area (Å²) in [5.41, 5.74) is 3.46. The molecule has 0 aliphatic heterocycles. The first-order chi connectivity index (χ1) is 14.7. The third-order valence-corrected chi connectivity index (χ3v) is 4.77. The summed E-state index contributed by atoms with van der Waals surface area (Å²) < 4.78 is 8.63. The average molecular weight is 397 g/mol. The molecule has 0 radical (unpaired) electrons. The van der Waals surface area contributed by atoms with Gasteiger partial charge in [0, 0.05) is 43.2 Å². The van der Waals surface area contributed by atoms with Crippen LogP contribution in [0.4, 0.5) is 0 Å². The fourth-order valence-electron chi connectivity index (χ4n) is 3.20. The van der Waals surface area contributed by atoms with E-state index >= 15 is 0 Å². The van der Waals surface area contributed by atoms with E-state index in [4.69, 9.17) is 10.00 Å². The largest absolute Gasteiger partial charge is 0.481 e. The van der Waals surface area contributed by atoms with Gasteiger partial charge in [0.25, 0.3) is 5.56 Å². The molecule has 0 fully saturated rings. The summed E-state index contributed by atoms with van der Waals surface area (Å²) in [6, 6.07) is 18.4. The van der Waals surface area contributed by atoms with Crippen LogP contribution in [0.25, 0.3) is 5.82 Å². The van der Waals surface area contributed by atoms with Crippen LogP contribution >= 0.6 is 0 Å². The van der Waals surface area contributed by atoms with Crippen LogP contribution in [0.1, 0.15) is 22.4 Å². The van der Waals surface area contributed by atoms with E-state index in [1.807, 2.05) is 41.1 Å². The number of aromatic nitrogens is 4. The zero-order valence-electron chi connectivity index (χ0n) is 16.4. The lowest BCUT2D eigenvalue weighted by molar-refractivity contribution is 0.397. The van der Waals surface area contributed by atoms with Crippen molar-refractivity contribution in [2.24, 2.45) is 0 Å². The maximum Gasteiger partial charge on any atom is 0.256 e. The molecular weight excluding hydrogens is 378 g/mol. The Morgan fingerprint density at radius 1 is 1.10 bits per heavy atom. The Labute approximate surface area is 173 Å². The highest BCUT2D eigenvalue weighted by Crippen LogP contribution is 2.13. The molecule has 0 unspecified atom stereocenters. The zero-order chi connectivity index (χ0) is 20.9. The van der Waals surface area contributed by atoms with Crippen molar-refractivity contribution in [3.05, 3.63) is 106 Å². The molecule has 0 atom stereocenters. The zero-order valence-corrected chi connectivity index (χ0v) is 16.4. The second-order valence-electron chi connectivity index (χ2n) is 6.78. The molecule has 0 aliphatic carbocycles. The predicted molar refractivity (Wildman–Crippen MR) is 112 cm³/mol. The van der Waals surface area contributed by atoms with Crippen molar-refractivity contribution >= 4 is 0 Å². The number of imidazole rings is 1. The van der Waals surface area contributed by atoms with Crippen molar-refractivity contribution in [1.82, 2.24) is 19.1 Å². The Bertz CT molecular complexity index is 1270. The molecule has 3 aromatic heterocycles. The first kappa shape index (κ1) is 19.2. The standard InChI is InChI=1S/C23H19N5O2/c1-30-22-4-2-3-21(26-22)28-10-9-19(12-23(28)29)15-27-16-25-14-20(27)11-17-5-7-18(13-24)8-6-17/h2-10,12,14,16H,11,15H2,1H3. The quantitative estimate of drug-likeness (QED) is 0.499. The first-order valence-corrected chi connectivity index (χ1v) is 9.37. The lowest BCUT2D eigenvalue weighted by Crippen LogP contribution is -2.19. The summed E-state index contributed by atoms with van der Waals surface area (Å²) in [4.78, 5) is 21.2. The van der Waals surface area contributed by atoms with Crippen molar-refractivity contribution in [1.29, 1.82) is 5.26 Å². The summed E-state index contributed by atoms with van der Waals surface area (Å²) in [6.45, 7) is 0.535. The number of ether oxygens (including phenoxy) is 1. The van der Waals surface area contributed by atoms with Crippen LogP contribution in [0, 0.1) is 11.3 Å². The lowest BCUT2D eigenvalue weighted by Gasteiger charge is -2.10. The van der Waals surface area contributed by atoms with Gasteiger partial charge >= 0.3 is 0 Å². The number of nitriles is 1. The number of pyridine rings is 2. The van der Waals surface area contributed by atoms with Crippen molar-refractivity contribution in [3.8, 4) is 17.8 Å². The van der Waals surface area contributed by atoms with E-state index in [9.17, 15) is 4.79 Å². The fourth-order valence-corrected chi connectivity index (χ4v) is 3.20. The number of hydrogen-bond acceptors (Lipinski definition) is 5. The molecule has 0 bridgehead atoms. The topological polar surface area (TPSA) is 85.7 Å². The second-order valence-corrected chi connectivity index (χ2v) is 6.78. The Morgan fingerprint density at radius 3 is 2.67 bits per heavy atom. The second kappa shape index (κ2) is 8.45. The summed E-state index contributed by atoms with van der Waals surface area (Å²) in [6.07, 6.45) is 5.99. The highest BCUT2D eigenvalue weighted by molar-refractivity contribution is 5.33. The summed E-state index contributed by atoms with van der Waals surface area (Å²) >= 11 is 0. The molecule has 0 saturated carbocycles. The maximum absolute atomic E-state index is 12.6. The van der Waals surface area contributed by atoms with Gasteiger partial charge in [0.15, 0.2) is 0 Å². The minimum absolute atomic E-state index is 0.165. The summed E-state index contributed by atoms with van der Waals surface area (Å²) in [7, 11) is 1.54. The Morgan fingerprint density at radius 2 is 1.93 bits per heavy atom. The van der Waals surface area contributed by atoms with Gasteiger partial charge in [0.2, 0.25) is 5.88 Å². The molecule has 4 rings (SSSR count).